The number of piperazine rings is 1. The summed E-state index contributed by atoms with van der Waals surface area (Å²) in [4.78, 5) is 20.1. The van der Waals surface area contributed by atoms with Crippen molar-refractivity contribution < 1.29 is 14.6 Å². The van der Waals surface area contributed by atoms with Crippen molar-refractivity contribution in [1.82, 2.24) is 15.2 Å². The molecule has 1 amide bonds. The molecule has 2 heterocycles. The van der Waals surface area contributed by atoms with Gasteiger partial charge in [0.25, 0.3) is 5.91 Å². The van der Waals surface area contributed by atoms with Crippen LogP contribution < -0.4 is 15.0 Å². The smallest absolute Gasteiger partial charge is 0.267 e. The average molecular weight is 487 g/mol. The van der Waals surface area contributed by atoms with Crippen molar-refractivity contribution in [3.63, 3.8) is 0 Å². The van der Waals surface area contributed by atoms with Crippen LogP contribution in [0.1, 0.15) is 10.5 Å². The summed E-state index contributed by atoms with van der Waals surface area (Å²) in [6.45, 7) is 4.17. The van der Waals surface area contributed by atoms with Crippen molar-refractivity contribution >= 4 is 38.4 Å². The number of β-amino-alcohol motifs (C(OH)–C–C–N with tert-alkyl or cyclic N) is 1. The standard InChI is InChI=1S/C23H27BrN4O3/c1-31-22-5-3-2-4-21(22)28-10-8-27(9-11-28)15-18(29)14-25-23(30)20-12-16-6-7-17(24)13-19(16)26-20/h2-7,12-13,18,26,29H,8-11,14-15H2,1H3,(H,25,30). The van der Waals surface area contributed by atoms with Crippen LogP contribution in [0.2, 0.25) is 0 Å². The quantitative estimate of drug-likeness (QED) is 0.478. The summed E-state index contributed by atoms with van der Waals surface area (Å²) < 4.78 is 6.42. The molecule has 4 rings (SSSR count). The number of carbonyl (C=O) groups is 1. The predicted molar refractivity (Wildman–Crippen MR) is 126 cm³/mol. The Hall–Kier alpha value is -2.55. The normalized spacial score (nSPS) is 15.8. The molecular formula is C23H27BrN4O3. The molecule has 31 heavy (non-hydrogen) atoms. The molecule has 1 aliphatic rings. The number of rotatable bonds is 7. The van der Waals surface area contributed by atoms with Crippen LogP contribution in [0, 0.1) is 0 Å². The summed E-state index contributed by atoms with van der Waals surface area (Å²) in [5.74, 6) is 0.662. The van der Waals surface area contributed by atoms with Crippen molar-refractivity contribution in [2.75, 3.05) is 51.3 Å². The van der Waals surface area contributed by atoms with Crippen LogP contribution in [-0.2, 0) is 0 Å². The van der Waals surface area contributed by atoms with Crippen LogP contribution in [0.4, 0.5) is 5.69 Å². The second-order valence-corrected chi connectivity index (χ2v) is 8.65. The molecule has 0 saturated carbocycles. The lowest BCUT2D eigenvalue weighted by Gasteiger charge is -2.37. The number of nitrogens with one attached hydrogen (secondary N) is 2. The van der Waals surface area contributed by atoms with E-state index in [4.69, 9.17) is 4.74 Å². The lowest BCUT2D eigenvalue weighted by molar-refractivity contribution is 0.0848. The third-order valence-electron chi connectivity index (χ3n) is 5.59. The number of nitrogens with zero attached hydrogens (tertiary/aromatic N) is 2. The van der Waals surface area contributed by atoms with Gasteiger partial charge in [0.15, 0.2) is 0 Å². The second-order valence-electron chi connectivity index (χ2n) is 7.74. The van der Waals surface area contributed by atoms with Crippen molar-refractivity contribution in [2.45, 2.75) is 6.10 Å². The molecule has 8 heteroatoms. The number of methoxy groups -OCH3 is 1. The topological polar surface area (TPSA) is 80.8 Å². The van der Waals surface area contributed by atoms with E-state index >= 15 is 0 Å². The minimum atomic E-state index is -0.625. The van der Waals surface area contributed by atoms with Gasteiger partial charge in [-0.2, -0.15) is 0 Å². The van der Waals surface area contributed by atoms with Crippen molar-refractivity contribution in [3.8, 4) is 5.75 Å². The van der Waals surface area contributed by atoms with Gasteiger partial charge < -0.3 is 25.0 Å². The van der Waals surface area contributed by atoms with Gasteiger partial charge in [-0.15, -0.1) is 0 Å². The summed E-state index contributed by atoms with van der Waals surface area (Å²) >= 11 is 3.43. The molecule has 1 atom stereocenters. The molecule has 1 aromatic heterocycles. The SMILES string of the molecule is COc1ccccc1N1CCN(CC(O)CNC(=O)c2cc3ccc(Br)cc3[nH]2)CC1. The molecule has 3 aromatic rings. The number of hydrogen-bond donors (Lipinski definition) is 3. The van der Waals surface area contributed by atoms with E-state index in [1.165, 1.54) is 0 Å². The van der Waals surface area contributed by atoms with Gasteiger partial charge in [0.1, 0.15) is 11.4 Å². The maximum Gasteiger partial charge on any atom is 0.267 e. The van der Waals surface area contributed by atoms with Crippen molar-refractivity contribution in [2.24, 2.45) is 0 Å². The molecule has 1 fully saturated rings. The lowest BCUT2D eigenvalue weighted by atomic mass is 10.2. The Morgan fingerprint density at radius 2 is 1.97 bits per heavy atom. The summed E-state index contributed by atoms with van der Waals surface area (Å²) in [6, 6.07) is 15.7. The Labute approximate surface area is 190 Å². The molecule has 0 aliphatic carbocycles. The molecule has 164 valence electrons. The average Bonchev–Trinajstić information content (AvgIpc) is 3.21. The third-order valence-corrected chi connectivity index (χ3v) is 6.09. The second kappa shape index (κ2) is 9.72. The number of ether oxygens (including phenoxy) is 1. The number of aromatic amines is 1. The molecule has 1 saturated heterocycles. The number of para-hydroxylation sites is 2. The highest BCUT2D eigenvalue weighted by atomic mass is 79.9. The number of benzene rings is 2. The lowest BCUT2D eigenvalue weighted by Crippen LogP contribution is -2.50. The molecule has 2 aromatic carbocycles. The molecule has 0 spiro atoms. The summed E-state index contributed by atoms with van der Waals surface area (Å²) in [5, 5.41) is 14.2. The Morgan fingerprint density at radius 1 is 1.19 bits per heavy atom. The van der Waals surface area contributed by atoms with Crippen molar-refractivity contribution in [1.29, 1.82) is 0 Å². The Kier molecular flexibility index (Phi) is 6.80. The Balaban J connectivity index is 1.24. The summed E-state index contributed by atoms with van der Waals surface area (Å²) in [6.07, 6.45) is -0.625. The minimum absolute atomic E-state index is 0.213. The van der Waals surface area contributed by atoms with Crippen LogP contribution in [0.3, 0.4) is 0 Å². The van der Waals surface area contributed by atoms with Gasteiger partial charge in [-0.1, -0.05) is 34.1 Å². The molecule has 1 aliphatic heterocycles. The number of aliphatic hydroxyl groups is 1. The number of H-pyrrole nitrogens is 1. The maximum atomic E-state index is 12.5. The highest BCUT2D eigenvalue weighted by Crippen LogP contribution is 2.28. The number of amides is 1. The van der Waals surface area contributed by atoms with E-state index < -0.39 is 6.10 Å². The van der Waals surface area contributed by atoms with Crippen LogP contribution in [0.25, 0.3) is 10.9 Å². The van der Waals surface area contributed by atoms with Crippen LogP contribution in [0.15, 0.2) is 53.0 Å². The van der Waals surface area contributed by atoms with Gasteiger partial charge in [0.05, 0.1) is 18.9 Å². The van der Waals surface area contributed by atoms with Crippen molar-refractivity contribution in [3.05, 3.63) is 58.7 Å². The maximum absolute atomic E-state index is 12.5. The highest BCUT2D eigenvalue weighted by molar-refractivity contribution is 9.10. The number of aromatic nitrogens is 1. The Morgan fingerprint density at radius 3 is 2.74 bits per heavy atom. The van der Waals surface area contributed by atoms with E-state index in [-0.39, 0.29) is 12.5 Å². The number of hydrogen-bond acceptors (Lipinski definition) is 5. The molecule has 1 unspecified atom stereocenters. The van der Waals surface area contributed by atoms with Gasteiger partial charge in [-0.25, -0.2) is 0 Å². The number of carbonyl (C=O) groups excluding carboxylic acids is 1. The summed E-state index contributed by atoms with van der Waals surface area (Å²) in [5.41, 5.74) is 2.49. The first-order valence-electron chi connectivity index (χ1n) is 10.4. The van der Waals surface area contributed by atoms with Crippen LogP contribution in [0.5, 0.6) is 5.75 Å². The Bertz CT molecular complexity index is 1050. The largest absolute Gasteiger partial charge is 0.495 e. The van der Waals surface area contributed by atoms with Gasteiger partial charge >= 0.3 is 0 Å². The molecule has 7 nitrogen and oxygen atoms in total. The molecule has 0 radical (unpaired) electrons. The molecular weight excluding hydrogens is 460 g/mol. The number of anilines is 1. The zero-order valence-electron chi connectivity index (χ0n) is 17.5. The van der Waals surface area contributed by atoms with Crippen LogP contribution >= 0.6 is 15.9 Å². The zero-order chi connectivity index (χ0) is 21.8. The van der Waals surface area contributed by atoms with E-state index in [2.05, 4.69) is 42.1 Å². The third kappa shape index (κ3) is 5.20. The summed E-state index contributed by atoms with van der Waals surface area (Å²) in [7, 11) is 1.69. The minimum Gasteiger partial charge on any atom is -0.495 e. The number of aliphatic hydroxyl groups excluding tert-OH is 1. The van der Waals surface area contributed by atoms with Gasteiger partial charge in [0.2, 0.25) is 0 Å². The number of halogens is 1. The van der Waals surface area contributed by atoms with E-state index in [0.29, 0.717) is 12.2 Å². The fraction of sp³-hybridized carbons (Fsp3) is 0.348. The van der Waals surface area contributed by atoms with Crippen LogP contribution in [-0.4, -0.2) is 73.4 Å². The van der Waals surface area contributed by atoms with Gasteiger partial charge in [0, 0.05) is 54.6 Å². The number of fused-ring (bicyclic) bond motifs is 1. The fourth-order valence-corrected chi connectivity index (χ4v) is 4.31. The van der Waals surface area contributed by atoms with E-state index in [0.717, 1.165) is 53.0 Å². The highest BCUT2D eigenvalue weighted by Gasteiger charge is 2.21. The fourth-order valence-electron chi connectivity index (χ4n) is 3.95. The van der Waals surface area contributed by atoms with Gasteiger partial charge in [-0.05, 0) is 30.3 Å². The predicted octanol–water partition coefficient (Wildman–Crippen LogP) is 2.85. The molecule has 3 N–H and O–H groups in total. The van der Waals surface area contributed by atoms with E-state index in [1.807, 2.05) is 42.5 Å². The monoisotopic (exact) mass is 486 g/mol. The first-order chi connectivity index (χ1) is 15.0. The molecule has 0 bridgehead atoms. The van der Waals surface area contributed by atoms with E-state index in [1.54, 1.807) is 7.11 Å². The van der Waals surface area contributed by atoms with E-state index in [9.17, 15) is 9.90 Å². The van der Waals surface area contributed by atoms with Gasteiger partial charge in [-0.3, -0.25) is 9.69 Å². The first kappa shape index (κ1) is 21.7. The zero-order valence-corrected chi connectivity index (χ0v) is 19.1. The first-order valence-corrected chi connectivity index (χ1v) is 11.2.